The molecule has 1 unspecified atom stereocenters. The number of nitrogens with zero attached hydrogens (tertiary/aromatic N) is 2. The third-order valence-corrected chi connectivity index (χ3v) is 6.25. The number of carbonyl (C=O) groups excluding carboxylic acids is 2. The van der Waals surface area contributed by atoms with E-state index >= 15 is 0 Å². The molecule has 1 atom stereocenters. The summed E-state index contributed by atoms with van der Waals surface area (Å²) in [6, 6.07) is 8.54. The van der Waals surface area contributed by atoms with Crippen molar-refractivity contribution in [1.29, 1.82) is 0 Å². The van der Waals surface area contributed by atoms with Gasteiger partial charge in [-0.15, -0.1) is 13.2 Å². The van der Waals surface area contributed by atoms with Crippen LogP contribution >= 0.6 is 0 Å². The molecule has 1 aliphatic heterocycles. The summed E-state index contributed by atoms with van der Waals surface area (Å²) in [5.41, 5.74) is 1.72. The molecule has 2 amide bonds. The van der Waals surface area contributed by atoms with Crippen LogP contribution in [0.5, 0.6) is 5.75 Å². The molecule has 0 aromatic heterocycles. The smallest absolute Gasteiger partial charge is 0.406 e. The Morgan fingerprint density at radius 1 is 1.22 bits per heavy atom. The predicted octanol–water partition coefficient (Wildman–Crippen LogP) is 2.51. The van der Waals surface area contributed by atoms with E-state index in [1.165, 1.54) is 12.1 Å². The number of rotatable bonds is 9. The first-order valence-corrected chi connectivity index (χ1v) is 11.9. The summed E-state index contributed by atoms with van der Waals surface area (Å²) in [5.74, 6) is -0.546. The van der Waals surface area contributed by atoms with E-state index in [-0.39, 0.29) is 23.5 Å². The highest BCUT2D eigenvalue weighted by Crippen LogP contribution is 2.24. The first-order valence-electron chi connectivity index (χ1n) is 11.9. The number of halogens is 3. The fraction of sp³-hybridized carbons (Fsp3) is 0.407. The quantitative estimate of drug-likeness (QED) is 0.516. The highest BCUT2D eigenvalue weighted by molar-refractivity contribution is 5.95. The van der Waals surface area contributed by atoms with Gasteiger partial charge in [-0.25, -0.2) is 0 Å². The van der Waals surface area contributed by atoms with Crippen molar-refractivity contribution in [2.45, 2.75) is 19.7 Å². The molecular formula is C27H32F3N3O4. The van der Waals surface area contributed by atoms with Gasteiger partial charge in [-0.2, -0.15) is 0 Å². The van der Waals surface area contributed by atoms with Gasteiger partial charge in [-0.1, -0.05) is 12.6 Å². The summed E-state index contributed by atoms with van der Waals surface area (Å²) in [6.07, 6.45) is -2.01. The Morgan fingerprint density at radius 3 is 2.57 bits per heavy atom. The van der Waals surface area contributed by atoms with Crippen LogP contribution < -0.4 is 20.5 Å². The van der Waals surface area contributed by atoms with Crippen molar-refractivity contribution in [3.8, 4) is 5.75 Å². The standard InChI is InChI=1S/C27H32F3N3O4/c1-18-5-10-23(25(34)31-12-14-36-4)19(2)24(18)17-32(3)15-20-11-13-33(16-20)26(35)21-6-8-22(9-7-21)37-27(28,29)30/h5-10,17,20H,1,11-16H2,2-4H3,(H,31,34)/b24-17+. The molecule has 1 heterocycles. The van der Waals surface area contributed by atoms with Gasteiger partial charge in [0.05, 0.1) is 6.61 Å². The molecule has 37 heavy (non-hydrogen) atoms. The van der Waals surface area contributed by atoms with Crippen molar-refractivity contribution in [1.82, 2.24) is 15.1 Å². The molecule has 0 aliphatic carbocycles. The maximum Gasteiger partial charge on any atom is 0.573 e. The zero-order valence-electron chi connectivity index (χ0n) is 21.2. The second-order valence-corrected chi connectivity index (χ2v) is 9.11. The van der Waals surface area contributed by atoms with Gasteiger partial charge in [0, 0.05) is 62.9 Å². The highest BCUT2D eigenvalue weighted by atomic mass is 19.4. The van der Waals surface area contributed by atoms with Crippen molar-refractivity contribution in [3.63, 3.8) is 0 Å². The van der Waals surface area contributed by atoms with Crippen LogP contribution in [-0.4, -0.2) is 74.9 Å². The molecule has 1 fully saturated rings. The molecule has 0 saturated carbocycles. The van der Waals surface area contributed by atoms with E-state index in [1.807, 2.05) is 31.1 Å². The van der Waals surface area contributed by atoms with E-state index < -0.39 is 6.36 Å². The largest absolute Gasteiger partial charge is 0.573 e. The molecule has 1 aliphatic rings. The molecule has 3 rings (SSSR count). The second-order valence-electron chi connectivity index (χ2n) is 9.11. The minimum Gasteiger partial charge on any atom is -0.406 e. The van der Waals surface area contributed by atoms with Crippen molar-refractivity contribution in [3.05, 3.63) is 63.5 Å². The predicted molar refractivity (Wildman–Crippen MR) is 134 cm³/mol. The lowest BCUT2D eigenvalue weighted by atomic mass is 10.0. The maximum atomic E-state index is 12.8. The highest BCUT2D eigenvalue weighted by Gasteiger charge is 2.31. The minimum atomic E-state index is -4.78. The van der Waals surface area contributed by atoms with E-state index in [4.69, 9.17) is 4.74 Å². The van der Waals surface area contributed by atoms with Crippen LogP contribution in [0.4, 0.5) is 13.2 Å². The van der Waals surface area contributed by atoms with Gasteiger partial charge < -0.3 is 24.6 Å². The molecule has 0 spiro atoms. The molecule has 7 nitrogen and oxygen atoms in total. The number of amides is 2. The van der Waals surface area contributed by atoms with Crippen LogP contribution in [-0.2, 0) is 4.74 Å². The number of hydrogen-bond donors (Lipinski definition) is 1. The van der Waals surface area contributed by atoms with E-state index in [0.29, 0.717) is 43.9 Å². The van der Waals surface area contributed by atoms with Crippen molar-refractivity contribution in [2.75, 3.05) is 46.9 Å². The maximum absolute atomic E-state index is 12.8. The van der Waals surface area contributed by atoms with E-state index in [1.54, 1.807) is 18.1 Å². The van der Waals surface area contributed by atoms with Gasteiger partial charge >= 0.3 is 6.36 Å². The first kappa shape index (κ1) is 28.0. The molecule has 0 bridgehead atoms. The third-order valence-electron chi connectivity index (χ3n) is 6.25. The lowest BCUT2D eigenvalue weighted by Crippen LogP contribution is -2.35. The third kappa shape index (κ3) is 7.72. The van der Waals surface area contributed by atoms with Gasteiger partial charge in [0.15, 0.2) is 0 Å². The van der Waals surface area contributed by atoms with Gasteiger partial charge in [-0.3, -0.25) is 9.59 Å². The Labute approximate surface area is 214 Å². The Hall–Kier alpha value is -3.53. The number of carbonyl (C=O) groups is 2. The molecule has 1 saturated heterocycles. The number of ether oxygens (including phenoxy) is 2. The summed E-state index contributed by atoms with van der Waals surface area (Å²) in [6.45, 7) is 8.63. The number of benzene rings is 2. The molecule has 2 aromatic carbocycles. The first-order chi connectivity index (χ1) is 17.5. The number of alkyl halides is 3. The lowest BCUT2D eigenvalue weighted by Gasteiger charge is -2.21. The van der Waals surface area contributed by atoms with Gasteiger partial charge in [0.1, 0.15) is 5.75 Å². The fourth-order valence-electron chi connectivity index (χ4n) is 4.40. The number of hydrogen-bond acceptors (Lipinski definition) is 5. The Balaban J connectivity index is 1.63. The lowest BCUT2D eigenvalue weighted by molar-refractivity contribution is -0.274. The monoisotopic (exact) mass is 519 g/mol. The summed E-state index contributed by atoms with van der Waals surface area (Å²) < 4.78 is 45.9. The normalized spacial score (nSPS) is 16.1. The van der Waals surface area contributed by atoms with Crippen LogP contribution in [0.25, 0.3) is 12.8 Å². The number of methoxy groups -OCH3 is 1. The van der Waals surface area contributed by atoms with Crippen LogP contribution in [0.3, 0.4) is 0 Å². The average molecular weight is 520 g/mol. The number of likely N-dealkylation sites (tertiary alicyclic amines) is 1. The van der Waals surface area contributed by atoms with Crippen LogP contribution in [0.2, 0.25) is 0 Å². The SMILES string of the molecule is C=c1ccc(C(=O)NCCOC)c(C)/c1=C/N(C)CC1CCN(C(=O)c2ccc(OC(F)(F)F)cc2)C1. The molecule has 10 heteroatoms. The Morgan fingerprint density at radius 2 is 1.92 bits per heavy atom. The number of nitrogens with one attached hydrogen (secondary N) is 1. The van der Waals surface area contributed by atoms with Gasteiger partial charge in [0.25, 0.3) is 11.8 Å². The van der Waals surface area contributed by atoms with Crippen LogP contribution in [0, 0.1) is 12.8 Å². The van der Waals surface area contributed by atoms with Crippen molar-refractivity contribution < 1.29 is 32.2 Å². The van der Waals surface area contributed by atoms with Crippen molar-refractivity contribution >= 4 is 24.6 Å². The summed E-state index contributed by atoms with van der Waals surface area (Å²) in [5, 5.41) is 4.51. The Kier molecular flexibility index (Phi) is 9.20. The fourth-order valence-corrected chi connectivity index (χ4v) is 4.40. The van der Waals surface area contributed by atoms with E-state index in [2.05, 4.69) is 16.6 Å². The van der Waals surface area contributed by atoms with E-state index in [9.17, 15) is 22.8 Å². The van der Waals surface area contributed by atoms with Crippen LogP contribution in [0.15, 0.2) is 36.4 Å². The minimum absolute atomic E-state index is 0.171. The Bertz CT molecular complexity index is 1220. The molecule has 2 aromatic rings. The zero-order valence-corrected chi connectivity index (χ0v) is 21.2. The average Bonchev–Trinajstić information content (AvgIpc) is 3.29. The van der Waals surface area contributed by atoms with Crippen LogP contribution in [0.1, 0.15) is 32.7 Å². The molecule has 0 radical (unpaired) electrons. The molecular weight excluding hydrogens is 487 g/mol. The van der Waals surface area contributed by atoms with Crippen molar-refractivity contribution in [2.24, 2.45) is 5.92 Å². The summed E-state index contributed by atoms with van der Waals surface area (Å²) >= 11 is 0. The zero-order chi connectivity index (χ0) is 27.2. The molecule has 1 N–H and O–H groups in total. The van der Waals surface area contributed by atoms with E-state index in [0.717, 1.165) is 34.6 Å². The van der Waals surface area contributed by atoms with Gasteiger partial charge in [-0.05, 0) is 60.4 Å². The molecule has 200 valence electrons. The summed E-state index contributed by atoms with van der Waals surface area (Å²) in [4.78, 5) is 29.1. The second kappa shape index (κ2) is 12.1. The van der Waals surface area contributed by atoms with Gasteiger partial charge in [0.2, 0.25) is 0 Å². The summed E-state index contributed by atoms with van der Waals surface area (Å²) in [7, 11) is 3.51. The topological polar surface area (TPSA) is 71.1 Å².